The number of amides is 3. The van der Waals surface area contributed by atoms with Gasteiger partial charge in [0.2, 0.25) is 5.91 Å². The molecule has 2 aromatic heterocycles. The minimum Gasteiger partial charge on any atom is -0.497 e. The van der Waals surface area contributed by atoms with Gasteiger partial charge in [0.05, 0.1) is 24.2 Å². The molecule has 3 amide bonds. The van der Waals surface area contributed by atoms with Gasteiger partial charge >= 0.3 is 6.03 Å². The molecule has 3 heterocycles. The second kappa shape index (κ2) is 9.95. The van der Waals surface area contributed by atoms with E-state index in [0.717, 1.165) is 28.4 Å². The first-order valence-corrected chi connectivity index (χ1v) is 10.6. The van der Waals surface area contributed by atoms with Gasteiger partial charge in [-0.25, -0.2) is 9.48 Å². The van der Waals surface area contributed by atoms with E-state index in [9.17, 15) is 9.59 Å². The molecular weight excluding hydrogens is 408 g/mol. The number of urea groups is 1. The monoisotopic (exact) mass is 434 g/mol. The van der Waals surface area contributed by atoms with Gasteiger partial charge in [-0.3, -0.25) is 9.78 Å². The first-order chi connectivity index (χ1) is 15.6. The first kappa shape index (κ1) is 21.4. The van der Waals surface area contributed by atoms with Gasteiger partial charge in [0.25, 0.3) is 0 Å². The Morgan fingerprint density at radius 3 is 2.78 bits per heavy atom. The fourth-order valence-corrected chi connectivity index (χ4v) is 3.58. The van der Waals surface area contributed by atoms with E-state index in [1.54, 1.807) is 24.4 Å². The summed E-state index contributed by atoms with van der Waals surface area (Å²) in [6.45, 7) is 2.28. The number of hydrogen-bond acceptors (Lipinski definition) is 5. The van der Waals surface area contributed by atoms with E-state index in [0.29, 0.717) is 39.0 Å². The van der Waals surface area contributed by atoms with Gasteiger partial charge in [0.1, 0.15) is 5.75 Å². The average Bonchev–Trinajstić information content (AvgIpc) is 3.45. The standard InChI is InChI=1S/C23H26N6O3/c1-32-20-7-5-19(6-8-20)29-21(17-3-2-10-24-16-17)15-18(27-29)4-9-22(30)25-11-13-28-14-12-26-23(28)31/h2-3,5-8,10,15-16H,4,9,11-14H2,1H3,(H,25,30)(H,26,31). The smallest absolute Gasteiger partial charge is 0.317 e. The van der Waals surface area contributed by atoms with Crippen molar-refractivity contribution >= 4 is 11.9 Å². The summed E-state index contributed by atoms with van der Waals surface area (Å²) >= 11 is 0. The van der Waals surface area contributed by atoms with Crippen LogP contribution < -0.4 is 15.4 Å². The first-order valence-electron chi connectivity index (χ1n) is 10.6. The summed E-state index contributed by atoms with van der Waals surface area (Å²) in [5.74, 6) is 0.707. The van der Waals surface area contributed by atoms with Crippen LogP contribution in [0.25, 0.3) is 16.9 Å². The Morgan fingerprint density at radius 2 is 2.09 bits per heavy atom. The summed E-state index contributed by atoms with van der Waals surface area (Å²) < 4.78 is 7.11. The van der Waals surface area contributed by atoms with Crippen LogP contribution in [0.15, 0.2) is 54.9 Å². The number of aromatic nitrogens is 3. The van der Waals surface area contributed by atoms with Crippen LogP contribution in [0.3, 0.4) is 0 Å². The largest absolute Gasteiger partial charge is 0.497 e. The van der Waals surface area contributed by atoms with E-state index < -0.39 is 0 Å². The lowest BCUT2D eigenvalue weighted by Gasteiger charge is -2.14. The van der Waals surface area contributed by atoms with Crippen molar-refractivity contribution in [2.75, 3.05) is 33.3 Å². The van der Waals surface area contributed by atoms with Crippen LogP contribution in [0.2, 0.25) is 0 Å². The Hall–Kier alpha value is -3.88. The molecule has 0 atom stereocenters. The molecule has 0 spiro atoms. The van der Waals surface area contributed by atoms with Crippen LogP contribution >= 0.6 is 0 Å². The van der Waals surface area contributed by atoms with E-state index in [-0.39, 0.29) is 11.9 Å². The highest BCUT2D eigenvalue weighted by molar-refractivity contribution is 5.77. The van der Waals surface area contributed by atoms with Crippen molar-refractivity contribution < 1.29 is 14.3 Å². The number of carbonyl (C=O) groups is 2. The van der Waals surface area contributed by atoms with Crippen LogP contribution in [-0.2, 0) is 11.2 Å². The van der Waals surface area contributed by atoms with E-state index in [1.807, 2.05) is 47.1 Å². The quantitative estimate of drug-likeness (QED) is 0.537. The third-order valence-corrected chi connectivity index (χ3v) is 5.29. The molecule has 0 unspecified atom stereocenters. The fourth-order valence-electron chi connectivity index (χ4n) is 3.58. The van der Waals surface area contributed by atoms with Gasteiger partial charge in [-0.05, 0) is 42.5 Å². The molecule has 9 nitrogen and oxygen atoms in total. The van der Waals surface area contributed by atoms with Crippen LogP contribution in [0.5, 0.6) is 5.75 Å². The molecule has 1 saturated heterocycles. The second-order valence-electron chi connectivity index (χ2n) is 7.44. The zero-order chi connectivity index (χ0) is 22.3. The number of ether oxygens (including phenoxy) is 1. The Balaban J connectivity index is 1.42. The Bertz CT molecular complexity index is 1070. The molecule has 32 heavy (non-hydrogen) atoms. The number of benzene rings is 1. The maximum atomic E-state index is 12.3. The number of hydrogen-bond donors (Lipinski definition) is 2. The minimum atomic E-state index is -0.0775. The molecule has 3 aromatic rings. The summed E-state index contributed by atoms with van der Waals surface area (Å²) in [5, 5.41) is 10.4. The Kier molecular flexibility index (Phi) is 6.64. The number of rotatable bonds is 9. The topological polar surface area (TPSA) is 101 Å². The number of nitrogens with zero attached hydrogens (tertiary/aromatic N) is 4. The molecule has 4 rings (SSSR count). The summed E-state index contributed by atoms with van der Waals surface area (Å²) in [5.41, 5.74) is 3.55. The van der Waals surface area contributed by atoms with Crippen molar-refractivity contribution in [2.45, 2.75) is 12.8 Å². The third-order valence-electron chi connectivity index (χ3n) is 5.29. The highest BCUT2D eigenvalue weighted by Crippen LogP contribution is 2.25. The van der Waals surface area contributed by atoms with Crippen molar-refractivity contribution in [2.24, 2.45) is 0 Å². The van der Waals surface area contributed by atoms with Crippen molar-refractivity contribution in [3.05, 3.63) is 60.6 Å². The SMILES string of the molecule is COc1ccc(-n2nc(CCC(=O)NCCN3CCNC3=O)cc2-c2cccnc2)cc1. The lowest BCUT2D eigenvalue weighted by molar-refractivity contribution is -0.121. The zero-order valence-corrected chi connectivity index (χ0v) is 18.0. The normalized spacial score (nSPS) is 13.2. The van der Waals surface area contributed by atoms with Gasteiger partial charge in [-0.15, -0.1) is 0 Å². The summed E-state index contributed by atoms with van der Waals surface area (Å²) in [6, 6.07) is 13.4. The molecule has 0 saturated carbocycles. The van der Waals surface area contributed by atoms with Crippen molar-refractivity contribution in [1.82, 2.24) is 30.3 Å². The second-order valence-corrected chi connectivity index (χ2v) is 7.44. The molecule has 0 bridgehead atoms. The Morgan fingerprint density at radius 1 is 1.25 bits per heavy atom. The summed E-state index contributed by atoms with van der Waals surface area (Å²) in [4.78, 5) is 29.7. The van der Waals surface area contributed by atoms with E-state index >= 15 is 0 Å². The van der Waals surface area contributed by atoms with Crippen molar-refractivity contribution in [3.8, 4) is 22.7 Å². The lowest BCUT2D eigenvalue weighted by Crippen LogP contribution is -2.36. The summed E-state index contributed by atoms with van der Waals surface area (Å²) in [7, 11) is 1.63. The number of nitrogens with one attached hydrogen (secondary N) is 2. The van der Waals surface area contributed by atoms with Crippen LogP contribution in [-0.4, -0.2) is 64.9 Å². The number of aryl methyl sites for hydroxylation is 1. The minimum absolute atomic E-state index is 0.0634. The van der Waals surface area contributed by atoms with E-state index in [1.165, 1.54) is 0 Å². The van der Waals surface area contributed by atoms with Crippen LogP contribution in [0.4, 0.5) is 4.79 Å². The predicted octanol–water partition coefficient (Wildman–Crippen LogP) is 2.02. The van der Waals surface area contributed by atoms with Crippen molar-refractivity contribution in [3.63, 3.8) is 0 Å². The van der Waals surface area contributed by atoms with Crippen LogP contribution in [0, 0.1) is 0 Å². The molecule has 166 valence electrons. The maximum absolute atomic E-state index is 12.3. The zero-order valence-electron chi connectivity index (χ0n) is 18.0. The molecule has 1 aliphatic heterocycles. The lowest BCUT2D eigenvalue weighted by atomic mass is 10.1. The molecule has 1 aliphatic rings. The van der Waals surface area contributed by atoms with Gasteiger partial charge in [0.15, 0.2) is 0 Å². The maximum Gasteiger partial charge on any atom is 0.317 e. The molecule has 1 fully saturated rings. The number of carbonyl (C=O) groups excluding carboxylic acids is 2. The predicted molar refractivity (Wildman–Crippen MR) is 120 cm³/mol. The molecule has 9 heteroatoms. The third kappa shape index (κ3) is 5.05. The molecule has 1 aromatic carbocycles. The van der Waals surface area contributed by atoms with Gasteiger partial charge < -0.3 is 20.3 Å². The molecule has 0 aliphatic carbocycles. The highest BCUT2D eigenvalue weighted by Gasteiger charge is 2.19. The van der Waals surface area contributed by atoms with Gasteiger partial charge in [-0.2, -0.15) is 5.10 Å². The fraction of sp³-hybridized carbons (Fsp3) is 0.304. The van der Waals surface area contributed by atoms with E-state index in [2.05, 4.69) is 15.6 Å². The number of methoxy groups -OCH3 is 1. The van der Waals surface area contributed by atoms with Gasteiger partial charge in [0, 0.05) is 57.0 Å². The number of pyridine rings is 1. The Labute approximate surface area is 186 Å². The van der Waals surface area contributed by atoms with Gasteiger partial charge in [-0.1, -0.05) is 0 Å². The van der Waals surface area contributed by atoms with Crippen LogP contribution in [0.1, 0.15) is 12.1 Å². The van der Waals surface area contributed by atoms with Crippen molar-refractivity contribution in [1.29, 1.82) is 0 Å². The highest BCUT2D eigenvalue weighted by atomic mass is 16.5. The molecule has 2 N–H and O–H groups in total. The molecular formula is C23H26N6O3. The van der Waals surface area contributed by atoms with E-state index in [4.69, 9.17) is 9.84 Å². The summed E-state index contributed by atoms with van der Waals surface area (Å²) in [6.07, 6.45) is 4.35. The molecule has 0 radical (unpaired) electrons. The average molecular weight is 435 g/mol.